The Morgan fingerprint density at radius 2 is 1.74 bits per heavy atom. The number of benzene rings is 2. The molecule has 0 atom stereocenters. The van der Waals surface area contributed by atoms with E-state index in [-0.39, 0.29) is 17.6 Å². The van der Waals surface area contributed by atoms with Crippen molar-refractivity contribution in [3.63, 3.8) is 0 Å². The molecule has 0 bridgehead atoms. The van der Waals surface area contributed by atoms with Gasteiger partial charge in [-0.15, -0.1) is 0 Å². The number of morpholine rings is 1. The first-order valence-electron chi connectivity index (χ1n) is 13.1. The zero-order valence-electron chi connectivity index (χ0n) is 22.3. The molecule has 10 heteroatoms. The summed E-state index contributed by atoms with van der Waals surface area (Å²) in [6.07, 6.45) is 3.45. The maximum absolute atomic E-state index is 13.3. The number of methoxy groups -OCH3 is 1. The van der Waals surface area contributed by atoms with Crippen molar-refractivity contribution in [2.75, 3.05) is 62.9 Å². The Hall–Kier alpha value is -4.15. The summed E-state index contributed by atoms with van der Waals surface area (Å²) >= 11 is 0. The lowest BCUT2D eigenvalue weighted by Crippen LogP contribution is -2.38. The fourth-order valence-electron chi connectivity index (χ4n) is 4.33. The average Bonchev–Trinajstić information content (AvgIpc) is 2.97. The second-order valence-corrected chi connectivity index (χ2v) is 9.31. The molecule has 4 rings (SSSR count). The summed E-state index contributed by atoms with van der Waals surface area (Å²) in [5.41, 5.74) is 8.62. The number of carbonyl (C=O) groups is 2. The molecule has 206 valence electrons. The predicted molar refractivity (Wildman–Crippen MR) is 152 cm³/mol. The lowest BCUT2D eigenvalue weighted by molar-refractivity contribution is 0.0370. The van der Waals surface area contributed by atoms with Gasteiger partial charge in [0, 0.05) is 32.4 Å². The van der Waals surface area contributed by atoms with Gasteiger partial charge in [-0.1, -0.05) is 30.3 Å². The van der Waals surface area contributed by atoms with Crippen LogP contribution in [-0.4, -0.2) is 73.2 Å². The number of unbranched alkanes of at least 4 members (excludes halogenated alkanes) is 1. The van der Waals surface area contributed by atoms with Gasteiger partial charge in [0.15, 0.2) is 0 Å². The number of anilines is 3. The molecule has 0 aliphatic carbocycles. The van der Waals surface area contributed by atoms with Crippen LogP contribution >= 0.6 is 0 Å². The second-order valence-electron chi connectivity index (χ2n) is 9.31. The standard InChI is InChI=1S/C29H36N6O4/c1-38-27-11-5-4-10-25(27)33-29(37)35(15-7-6-14-34-16-18-39-19-17-34)21-22-12-13-26(31-20-22)28(36)32-24-9-3-2-8-23(24)30/h2-5,8-13,20H,6-7,14-19,21,30H2,1H3,(H,32,36)(H,33,37). The van der Waals surface area contributed by atoms with E-state index >= 15 is 0 Å². The second kappa shape index (κ2) is 14.1. The minimum atomic E-state index is -0.353. The Morgan fingerprint density at radius 3 is 2.46 bits per heavy atom. The van der Waals surface area contributed by atoms with Gasteiger partial charge in [-0.2, -0.15) is 0 Å². The maximum atomic E-state index is 13.3. The van der Waals surface area contributed by atoms with Crippen LogP contribution in [-0.2, 0) is 11.3 Å². The van der Waals surface area contributed by atoms with E-state index in [1.54, 1.807) is 54.6 Å². The van der Waals surface area contributed by atoms with Crippen LogP contribution in [0.3, 0.4) is 0 Å². The van der Waals surface area contributed by atoms with Crippen LogP contribution in [0, 0.1) is 0 Å². The van der Waals surface area contributed by atoms with Gasteiger partial charge in [0.2, 0.25) is 0 Å². The highest BCUT2D eigenvalue weighted by Crippen LogP contribution is 2.24. The number of hydrogen-bond donors (Lipinski definition) is 3. The van der Waals surface area contributed by atoms with Crippen molar-refractivity contribution < 1.29 is 19.1 Å². The molecule has 3 amide bonds. The lowest BCUT2D eigenvalue weighted by atomic mass is 10.2. The topological polar surface area (TPSA) is 122 Å². The molecule has 0 saturated carbocycles. The summed E-state index contributed by atoms with van der Waals surface area (Å²) in [7, 11) is 1.57. The Kier molecular flexibility index (Phi) is 10.1. The van der Waals surface area contributed by atoms with E-state index in [1.165, 1.54) is 0 Å². The number of hydrogen-bond acceptors (Lipinski definition) is 7. The molecular weight excluding hydrogens is 496 g/mol. The molecule has 3 aromatic rings. The number of nitrogens with zero attached hydrogens (tertiary/aromatic N) is 3. The third kappa shape index (κ3) is 8.17. The fraction of sp³-hybridized carbons (Fsp3) is 0.345. The number of aromatic nitrogens is 1. The van der Waals surface area contributed by atoms with Gasteiger partial charge in [-0.25, -0.2) is 4.79 Å². The Morgan fingerprint density at radius 1 is 1.00 bits per heavy atom. The number of carbonyl (C=O) groups excluding carboxylic acids is 2. The molecule has 10 nitrogen and oxygen atoms in total. The van der Waals surface area contributed by atoms with Crippen molar-refractivity contribution in [1.29, 1.82) is 0 Å². The summed E-state index contributed by atoms with van der Waals surface area (Å²) < 4.78 is 10.8. The molecule has 39 heavy (non-hydrogen) atoms. The largest absolute Gasteiger partial charge is 0.495 e. The van der Waals surface area contributed by atoms with Crippen molar-refractivity contribution in [3.8, 4) is 5.75 Å². The van der Waals surface area contributed by atoms with Crippen molar-refractivity contribution in [2.24, 2.45) is 0 Å². The first kappa shape index (κ1) is 27.9. The van der Waals surface area contributed by atoms with Gasteiger partial charge in [0.25, 0.3) is 5.91 Å². The third-order valence-electron chi connectivity index (χ3n) is 6.53. The minimum absolute atomic E-state index is 0.229. The molecule has 1 fully saturated rings. The number of pyridine rings is 1. The minimum Gasteiger partial charge on any atom is -0.495 e. The Bertz CT molecular complexity index is 1230. The molecule has 0 spiro atoms. The fourth-order valence-corrected chi connectivity index (χ4v) is 4.33. The van der Waals surface area contributed by atoms with E-state index in [0.29, 0.717) is 35.9 Å². The molecule has 1 aromatic heterocycles. The van der Waals surface area contributed by atoms with E-state index < -0.39 is 0 Å². The number of nitrogen functional groups attached to an aromatic ring is 1. The molecule has 1 aliphatic rings. The summed E-state index contributed by atoms with van der Waals surface area (Å²) in [5.74, 6) is 0.238. The molecule has 2 heterocycles. The molecule has 0 unspecified atom stereocenters. The number of ether oxygens (including phenoxy) is 2. The first-order chi connectivity index (χ1) is 19.0. The predicted octanol–water partition coefficient (Wildman–Crippen LogP) is 4.07. The monoisotopic (exact) mass is 532 g/mol. The third-order valence-corrected chi connectivity index (χ3v) is 6.53. The maximum Gasteiger partial charge on any atom is 0.322 e. The Balaban J connectivity index is 1.39. The van der Waals surface area contributed by atoms with Crippen LogP contribution < -0.4 is 21.1 Å². The highest BCUT2D eigenvalue weighted by molar-refractivity contribution is 6.04. The van der Waals surface area contributed by atoms with Crippen molar-refractivity contribution in [3.05, 3.63) is 78.1 Å². The van der Waals surface area contributed by atoms with Crippen LogP contribution in [0.1, 0.15) is 28.9 Å². The van der Waals surface area contributed by atoms with Gasteiger partial charge in [0.1, 0.15) is 11.4 Å². The highest BCUT2D eigenvalue weighted by Gasteiger charge is 2.18. The number of rotatable bonds is 11. The van der Waals surface area contributed by atoms with Crippen LogP contribution in [0.4, 0.5) is 21.9 Å². The zero-order chi connectivity index (χ0) is 27.5. The number of urea groups is 1. The summed E-state index contributed by atoms with van der Waals surface area (Å²) in [6, 6.07) is 17.6. The summed E-state index contributed by atoms with van der Waals surface area (Å²) in [5, 5.41) is 5.75. The molecule has 1 saturated heterocycles. The average molecular weight is 533 g/mol. The normalized spacial score (nSPS) is 13.5. The number of nitrogens with one attached hydrogen (secondary N) is 2. The van der Waals surface area contributed by atoms with Crippen LogP contribution in [0.5, 0.6) is 5.75 Å². The SMILES string of the molecule is COc1ccccc1NC(=O)N(CCCCN1CCOCC1)Cc1ccc(C(=O)Nc2ccccc2N)nc1. The molecule has 0 radical (unpaired) electrons. The van der Waals surface area contributed by atoms with Crippen molar-refractivity contribution >= 4 is 29.0 Å². The number of amides is 3. The van der Waals surface area contributed by atoms with E-state index in [0.717, 1.165) is 51.3 Å². The zero-order valence-corrected chi connectivity index (χ0v) is 22.3. The van der Waals surface area contributed by atoms with Crippen LogP contribution in [0.25, 0.3) is 0 Å². The van der Waals surface area contributed by atoms with Gasteiger partial charge >= 0.3 is 6.03 Å². The highest BCUT2D eigenvalue weighted by atomic mass is 16.5. The molecule has 1 aliphatic heterocycles. The van der Waals surface area contributed by atoms with Crippen molar-refractivity contribution in [2.45, 2.75) is 19.4 Å². The molecule has 2 aromatic carbocycles. The number of nitrogens with two attached hydrogens (primary N) is 1. The van der Waals surface area contributed by atoms with E-state index in [9.17, 15) is 9.59 Å². The molecule has 4 N–H and O–H groups in total. The smallest absolute Gasteiger partial charge is 0.322 e. The van der Waals surface area contributed by atoms with Crippen molar-refractivity contribution in [1.82, 2.24) is 14.8 Å². The number of para-hydroxylation sites is 4. The van der Waals surface area contributed by atoms with Gasteiger partial charge in [-0.05, 0) is 55.3 Å². The van der Waals surface area contributed by atoms with Gasteiger partial charge < -0.3 is 30.7 Å². The Labute approximate surface area is 229 Å². The van der Waals surface area contributed by atoms with Gasteiger partial charge in [0.05, 0.1) is 37.4 Å². The van der Waals surface area contributed by atoms with Crippen LogP contribution in [0.2, 0.25) is 0 Å². The van der Waals surface area contributed by atoms with E-state index in [2.05, 4.69) is 20.5 Å². The first-order valence-corrected chi connectivity index (χ1v) is 13.1. The van der Waals surface area contributed by atoms with Crippen LogP contribution in [0.15, 0.2) is 66.9 Å². The molecular formula is C29H36N6O4. The van der Waals surface area contributed by atoms with E-state index in [4.69, 9.17) is 15.2 Å². The lowest BCUT2D eigenvalue weighted by Gasteiger charge is -2.27. The van der Waals surface area contributed by atoms with Gasteiger partial charge in [-0.3, -0.25) is 14.7 Å². The summed E-state index contributed by atoms with van der Waals surface area (Å²) in [6.45, 7) is 5.32. The summed E-state index contributed by atoms with van der Waals surface area (Å²) in [4.78, 5) is 34.5. The van der Waals surface area contributed by atoms with E-state index in [1.807, 2.05) is 24.3 Å². The quantitative estimate of drug-likeness (QED) is 0.251.